The molecule has 154 valence electrons. The van der Waals surface area contributed by atoms with Crippen LogP contribution in [0.25, 0.3) is 0 Å². The van der Waals surface area contributed by atoms with Crippen molar-refractivity contribution in [2.45, 2.75) is 64.3 Å². The summed E-state index contributed by atoms with van der Waals surface area (Å²) < 4.78 is 25.1. The van der Waals surface area contributed by atoms with Crippen molar-refractivity contribution < 1.29 is 52.6 Å². The fourth-order valence-electron chi connectivity index (χ4n) is 2.29. The molecule has 0 spiro atoms. The van der Waals surface area contributed by atoms with Crippen LogP contribution in [0.4, 0.5) is 0 Å². The second kappa shape index (κ2) is 10.1. The van der Waals surface area contributed by atoms with Gasteiger partial charge in [-0.25, -0.2) is 0 Å². The Bertz CT molecular complexity index is 390. The van der Waals surface area contributed by atoms with E-state index in [-0.39, 0.29) is 18.8 Å². The number of hydrogen-bond donors (Lipinski definition) is 6. The topological polar surface area (TPSA) is 168 Å². The van der Waals surface area contributed by atoms with Gasteiger partial charge in [0.1, 0.15) is 0 Å². The Morgan fingerprint density at radius 2 is 1.72 bits per heavy atom. The Hall–Kier alpha value is 0.420. The summed E-state index contributed by atoms with van der Waals surface area (Å²) in [6.45, 7) is 3.98. The minimum absolute atomic E-state index is 0.0470. The van der Waals surface area contributed by atoms with Gasteiger partial charge in [-0.3, -0.25) is 0 Å². The van der Waals surface area contributed by atoms with Crippen molar-refractivity contribution in [3.05, 3.63) is 0 Å². The van der Waals surface area contributed by atoms with Gasteiger partial charge in [-0.05, 0) is 0 Å². The number of aliphatic hydroxyl groups is 1. The molecule has 5 atom stereocenters. The van der Waals surface area contributed by atoms with E-state index in [1.54, 1.807) is 0 Å². The van der Waals surface area contributed by atoms with Crippen molar-refractivity contribution in [1.29, 1.82) is 0 Å². The van der Waals surface area contributed by atoms with Gasteiger partial charge in [0.15, 0.2) is 0 Å². The number of ether oxygens (including phenoxy) is 2. The Morgan fingerprint density at radius 1 is 1.08 bits per heavy atom. The van der Waals surface area contributed by atoms with Gasteiger partial charge in [-0.2, -0.15) is 0 Å². The van der Waals surface area contributed by atoms with E-state index in [9.17, 15) is 14.9 Å². The number of aliphatic hydroxyl groups excluding tert-OH is 1. The molecule has 0 radical (unpaired) electrons. The third-order valence-corrected chi connectivity index (χ3v) is 5.23. The van der Waals surface area contributed by atoms with E-state index in [1.807, 2.05) is 6.92 Å². The van der Waals surface area contributed by atoms with Crippen molar-refractivity contribution in [3.8, 4) is 0 Å². The van der Waals surface area contributed by atoms with E-state index in [2.05, 4.69) is 4.52 Å². The third-order valence-electron chi connectivity index (χ3n) is 3.45. The van der Waals surface area contributed by atoms with Crippen LogP contribution in [0.3, 0.4) is 0 Å². The molecule has 0 amide bonds. The fourth-order valence-corrected chi connectivity index (χ4v) is 3.79. The monoisotopic (exact) mass is 412 g/mol. The predicted molar refractivity (Wildman–Crippen MR) is 90.3 cm³/mol. The molecule has 1 aliphatic heterocycles. The summed E-state index contributed by atoms with van der Waals surface area (Å²) in [4.78, 5) is 46.5. The van der Waals surface area contributed by atoms with Crippen LogP contribution in [-0.4, -0.2) is 73.5 Å². The second-order valence-electron chi connectivity index (χ2n) is 5.99. The Labute approximate surface area is 147 Å². The summed E-state index contributed by atoms with van der Waals surface area (Å²) in [5.74, 6) is 0. The standard InChI is InChI=1S/C12H30O11P2/c1-8-4-5-11(21-8)6-20-25(17,18)23-9(2)12(22-10(3)13)7-19-24(14,15)16/h8-18,24-25H,4-7H2,1-3H3/t8-,9+,10?,11-,12+/m0/s1. The van der Waals surface area contributed by atoms with E-state index < -0.39 is 41.4 Å². The van der Waals surface area contributed by atoms with Crippen LogP contribution < -0.4 is 0 Å². The zero-order chi connectivity index (χ0) is 19.3. The summed E-state index contributed by atoms with van der Waals surface area (Å²) in [6.07, 6.45) is -2.03. The molecule has 11 nitrogen and oxygen atoms in total. The normalized spacial score (nSPS) is 27.1. The summed E-state index contributed by atoms with van der Waals surface area (Å²) in [6, 6.07) is 0. The molecule has 0 saturated carbocycles. The van der Waals surface area contributed by atoms with Crippen LogP contribution in [0.5, 0.6) is 0 Å². The zero-order valence-corrected chi connectivity index (χ0v) is 16.4. The van der Waals surface area contributed by atoms with Gasteiger partial charge in [0.05, 0.1) is 0 Å². The van der Waals surface area contributed by atoms with Gasteiger partial charge >= 0.3 is 146 Å². The van der Waals surface area contributed by atoms with E-state index >= 15 is 0 Å². The van der Waals surface area contributed by atoms with E-state index in [4.69, 9.17) is 33.2 Å². The molecule has 1 aliphatic rings. The molecule has 0 aliphatic carbocycles. The van der Waals surface area contributed by atoms with Gasteiger partial charge in [-0.1, -0.05) is 0 Å². The zero-order valence-electron chi connectivity index (χ0n) is 14.4. The third kappa shape index (κ3) is 10.4. The van der Waals surface area contributed by atoms with Crippen LogP contribution in [0.2, 0.25) is 0 Å². The quantitative estimate of drug-likeness (QED) is 0.191. The first kappa shape index (κ1) is 23.5. The average molecular weight is 412 g/mol. The molecule has 25 heavy (non-hydrogen) atoms. The van der Waals surface area contributed by atoms with Gasteiger partial charge in [-0.15, -0.1) is 0 Å². The van der Waals surface area contributed by atoms with E-state index in [0.29, 0.717) is 0 Å². The van der Waals surface area contributed by atoms with Crippen molar-refractivity contribution in [3.63, 3.8) is 0 Å². The van der Waals surface area contributed by atoms with E-state index in [1.165, 1.54) is 13.8 Å². The molecule has 1 rings (SSSR count). The number of rotatable bonds is 11. The van der Waals surface area contributed by atoms with Crippen LogP contribution in [0.15, 0.2) is 0 Å². The maximum atomic E-state index is 9.92. The van der Waals surface area contributed by atoms with Crippen molar-refractivity contribution in [2.24, 2.45) is 0 Å². The van der Waals surface area contributed by atoms with Crippen molar-refractivity contribution >= 4 is 16.3 Å². The molecule has 13 heteroatoms. The van der Waals surface area contributed by atoms with E-state index in [0.717, 1.165) is 12.8 Å². The molecule has 1 saturated heterocycles. The Morgan fingerprint density at radius 3 is 2.20 bits per heavy atom. The van der Waals surface area contributed by atoms with Crippen LogP contribution >= 0.6 is 16.3 Å². The fraction of sp³-hybridized carbons (Fsp3) is 1.00. The molecule has 1 unspecified atom stereocenters. The predicted octanol–water partition coefficient (Wildman–Crippen LogP) is -0.503. The summed E-state index contributed by atoms with van der Waals surface area (Å²) in [7, 11) is -9.31. The summed E-state index contributed by atoms with van der Waals surface area (Å²) in [5, 5.41) is 9.30. The molecular formula is C12H30O11P2. The van der Waals surface area contributed by atoms with Gasteiger partial charge < -0.3 is 0 Å². The Kier molecular flexibility index (Phi) is 9.48. The molecule has 1 fully saturated rings. The molecule has 0 aromatic heterocycles. The molecule has 0 bridgehead atoms. The van der Waals surface area contributed by atoms with Crippen molar-refractivity contribution in [1.82, 2.24) is 0 Å². The molecule has 1 heterocycles. The van der Waals surface area contributed by atoms with Crippen LogP contribution in [-0.2, 0) is 23.0 Å². The average Bonchev–Trinajstić information content (AvgIpc) is 2.85. The SMILES string of the molecule is CC(O)O[C@H](CO[PH](O)(O)O)[C@@H](C)O[PH](O)(O)OC[C@@H]1CC[C@H](C)O1. The van der Waals surface area contributed by atoms with Gasteiger partial charge in [0.25, 0.3) is 0 Å². The minimum atomic E-state index is -4.79. The van der Waals surface area contributed by atoms with Gasteiger partial charge in [0, 0.05) is 0 Å². The molecule has 6 N–H and O–H groups in total. The second-order valence-corrected chi connectivity index (χ2v) is 9.04. The first-order chi connectivity index (χ1) is 11.4. The summed E-state index contributed by atoms with van der Waals surface area (Å²) in [5.41, 5.74) is 0. The van der Waals surface area contributed by atoms with Crippen LogP contribution in [0, 0.1) is 0 Å². The summed E-state index contributed by atoms with van der Waals surface area (Å²) >= 11 is 0. The first-order valence-corrected chi connectivity index (χ1v) is 11.4. The Balaban J connectivity index is 2.52. The first-order valence-electron chi connectivity index (χ1n) is 7.94. The molecule has 0 aromatic carbocycles. The maximum absolute atomic E-state index is 9.92. The van der Waals surface area contributed by atoms with Gasteiger partial charge in [0.2, 0.25) is 0 Å². The molecular weight excluding hydrogens is 382 g/mol. The molecule has 0 aromatic rings. The number of hydrogen-bond acceptors (Lipinski definition) is 11. The van der Waals surface area contributed by atoms with Crippen LogP contribution in [0.1, 0.15) is 33.6 Å². The van der Waals surface area contributed by atoms with Crippen molar-refractivity contribution in [2.75, 3.05) is 13.2 Å².